The molecular weight excluding hydrogens is 240 g/mol. The summed E-state index contributed by atoms with van der Waals surface area (Å²) < 4.78 is 0. The Morgan fingerprint density at radius 1 is 1.56 bits per heavy atom. The molecular formula is C15H22N2S. The molecule has 98 valence electrons. The molecule has 2 rings (SSSR count). The van der Waals surface area contributed by atoms with Crippen molar-refractivity contribution >= 4 is 11.3 Å². The maximum Gasteiger partial charge on any atom is 0.0683 e. The molecule has 3 heteroatoms. The molecule has 0 bridgehead atoms. The highest BCUT2D eigenvalue weighted by Crippen LogP contribution is 2.33. The largest absolute Gasteiger partial charge is 0.310 e. The van der Waals surface area contributed by atoms with Crippen LogP contribution in [0.2, 0.25) is 0 Å². The van der Waals surface area contributed by atoms with Gasteiger partial charge in [0.2, 0.25) is 0 Å². The van der Waals surface area contributed by atoms with Gasteiger partial charge < -0.3 is 5.32 Å². The molecule has 0 aromatic carbocycles. The molecule has 1 aromatic heterocycles. The van der Waals surface area contributed by atoms with Crippen molar-refractivity contribution in [2.75, 3.05) is 6.54 Å². The second kappa shape index (κ2) is 5.86. The third-order valence-corrected chi connectivity index (χ3v) is 4.72. The van der Waals surface area contributed by atoms with E-state index in [9.17, 15) is 0 Å². The van der Waals surface area contributed by atoms with E-state index in [-0.39, 0.29) is 5.41 Å². The maximum absolute atomic E-state index is 8.98. The summed E-state index contributed by atoms with van der Waals surface area (Å²) in [5.41, 5.74) is 1.34. The van der Waals surface area contributed by atoms with E-state index in [2.05, 4.69) is 22.8 Å². The van der Waals surface area contributed by atoms with E-state index in [1.807, 2.05) is 25.2 Å². The Bertz CT molecular complexity index is 428. The molecule has 0 spiro atoms. The van der Waals surface area contributed by atoms with E-state index >= 15 is 0 Å². The third kappa shape index (κ3) is 3.34. The quantitative estimate of drug-likeness (QED) is 0.813. The molecule has 0 amide bonds. The topological polar surface area (TPSA) is 35.8 Å². The highest BCUT2D eigenvalue weighted by atomic mass is 32.1. The zero-order valence-corrected chi connectivity index (χ0v) is 12.1. The van der Waals surface area contributed by atoms with E-state index in [0.29, 0.717) is 6.04 Å². The van der Waals surface area contributed by atoms with Crippen molar-refractivity contribution in [1.29, 1.82) is 5.26 Å². The van der Waals surface area contributed by atoms with Gasteiger partial charge in [-0.1, -0.05) is 0 Å². The number of fused-ring (bicyclic) bond motifs is 1. The molecule has 1 atom stereocenters. The fourth-order valence-electron chi connectivity index (χ4n) is 2.56. The summed E-state index contributed by atoms with van der Waals surface area (Å²) in [4.78, 5) is 1.57. The number of hydrogen-bond donors (Lipinski definition) is 1. The first-order valence-electron chi connectivity index (χ1n) is 6.83. The van der Waals surface area contributed by atoms with Gasteiger partial charge in [0.25, 0.3) is 0 Å². The van der Waals surface area contributed by atoms with Crippen molar-refractivity contribution in [3.63, 3.8) is 0 Å². The van der Waals surface area contributed by atoms with E-state index in [4.69, 9.17) is 5.26 Å². The summed E-state index contributed by atoms with van der Waals surface area (Å²) in [6.45, 7) is 5.06. The minimum Gasteiger partial charge on any atom is -0.310 e. The molecule has 0 saturated carbocycles. The van der Waals surface area contributed by atoms with Crippen LogP contribution in [0.5, 0.6) is 0 Å². The molecule has 1 aliphatic rings. The summed E-state index contributed by atoms with van der Waals surface area (Å²) in [6, 6.07) is 5.19. The SMILES string of the molecule is CC(C)(C#N)CCCNC1CCCc2sccc21. The lowest BCUT2D eigenvalue weighted by Crippen LogP contribution is -2.26. The van der Waals surface area contributed by atoms with Crippen LogP contribution in [0.25, 0.3) is 0 Å². The molecule has 1 heterocycles. The Kier molecular flexibility index (Phi) is 4.42. The maximum atomic E-state index is 8.98. The van der Waals surface area contributed by atoms with Crippen molar-refractivity contribution in [3.05, 3.63) is 21.9 Å². The zero-order valence-electron chi connectivity index (χ0n) is 11.3. The molecule has 18 heavy (non-hydrogen) atoms. The minimum atomic E-state index is -0.179. The zero-order chi connectivity index (χ0) is 13.0. The van der Waals surface area contributed by atoms with Gasteiger partial charge in [0.1, 0.15) is 0 Å². The first kappa shape index (κ1) is 13.6. The predicted octanol–water partition coefficient (Wildman–Crippen LogP) is 4.05. The second-order valence-corrected chi connectivity index (χ2v) is 6.80. The average Bonchev–Trinajstić information content (AvgIpc) is 2.83. The first-order chi connectivity index (χ1) is 8.62. The summed E-state index contributed by atoms with van der Waals surface area (Å²) in [5, 5.41) is 14.8. The fraction of sp³-hybridized carbons (Fsp3) is 0.667. The molecule has 0 aliphatic heterocycles. The van der Waals surface area contributed by atoms with Gasteiger partial charge in [0.05, 0.1) is 11.5 Å². The van der Waals surface area contributed by atoms with Crippen LogP contribution in [-0.4, -0.2) is 6.54 Å². The van der Waals surface area contributed by atoms with Crippen LogP contribution in [0.4, 0.5) is 0 Å². The number of nitrogens with one attached hydrogen (secondary N) is 1. The number of aryl methyl sites for hydroxylation is 1. The molecule has 1 unspecified atom stereocenters. The molecule has 0 radical (unpaired) electrons. The van der Waals surface area contributed by atoms with Gasteiger partial charge in [0, 0.05) is 10.9 Å². The van der Waals surface area contributed by atoms with Crippen molar-refractivity contribution in [2.24, 2.45) is 5.41 Å². The lowest BCUT2D eigenvalue weighted by Gasteiger charge is -2.24. The summed E-state index contributed by atoms with van der Waals surface area (Å²) in [6.07, 6.45) is 5.86. The Morgan fingerprint density at radius 3 is 3.17 bits per heavy atom. The van der Waals surface area contributed by atoms with Gasteiger partial charge >= 0.3 is 0 Å². The van der Waals surface area contributed by atoms with E-state index in [1.165, 1.54) is 24.8 Å². The highest BCUT2D eigenvalue weighted by molar-refractivity contribution is 7.10. The molecule has 0 saturated heterocycles. The van der Waals surface area contributed by atoms with Gasteiger partial charge in [-0.2, -0.15) is 5.26 Å². The van der Waals surface area contributed by atoms with Gasteiger partial charge in [-0.3, -0.25) is 0 Å². The smallest absolute Gasteiger partial charge is 0.0683 e. The van der Waals surface area contributed by atoms with E-state index < -0.39 is 0 Å². The fourth-order valence-corrected chi connectivity index (χ4v) is 3.55. The van der Waals surface area contributed by atoms with Crippen LogP contribution in [0, 0.1) is 16.7 Å². The number of thiophene rings is 1. The highest BCUT2D eigenvalue weighted by Gasteiger charge is 2.21. The van der Waals surface area contributed by atoms with Crippen LogP contribution in [-0.2, 0) is 6.42 Å². The van der Waals surface area contributed by atoms with Crippen molar-refractivity contribution in [1.82, 2.24) is 5.32 Å². The molecule has 1 aromatic rings. The summed E-state index contributed by atoms with van der Waals surface area (Å²) >= 11 is 1.89. The average molecular weight is 262 g/mol. The van der Waals surface area contributed by atoms with Crippen LogP contribution >= 0.6 is 11.3 Å². The Balaban J connectivity index is 1.78. The third-order valence-electron chi connectivity index (χ3n) is 3.72. The van der Waals surface area contributed by atoms with Crippen LogP contribution in [0.1, 0.15) is 56.0 Å². The standard InChI is InChI=1S/C15H22N2S/c1-15(2,11-16)8-4-9-17-13-5-3-6-14-12(13)7-10-18-14/h7,10,13,17H,3-6,8-9H2,1-2H3. The van der Waals surface area contributed by atoms with Crippen molar-refractivity contribution in [3.8, 4) is 6.07 Å². The van der Waals surface area contributed by atoms with Gasteiger partial charge in [0.15, 0.2) is 0 Å². The Labute approximate surface area is 114 Å². The molecule has 1 aliphatic carbocycles. The predicted molar refractivity (Wildman–Crippen MR) is 76.6 cm³/mol. The lowest BCUT2D eigenvalue weighted by molar-refractivity contribution is 0.400. The Morgan fingerprint density at radius 2 is 2.39 bits per heavy atom. The first-order valence-corrected chi connectivity index (χ1v) is 7.71. The monoisotopic (exact) mass is 262 g/mol. The summed E-state index contributed by atoms with van der Waals surface area (Å²) in [7, 11) is 0. The number of nitriles is 1. The Hall–Kier alpha value is -0.850. The van der Waals surface area contributed by atoms with Crippen molar-refractivity contribution in [2.45, 2.75) is 52.0 Å². The number of rotatable bonds is 5. The normalized spacial score (nSPS) is 19.3. The molecule has 2 nitrogen and oxygen atoms in total. The van der Waals surface area contributed by atoms with Gasteiger partial charge in [-0.05, 0) is 69.5 Å². The number of hydrogen-bond acceptors (Lipinski definition) is 3. The van der Waals surface area contributed by atoms with Gasteiger partial charge in [-0.25, -0.2) is 0 Å². The van der Waals surface area contributed by atoms with E-state index in [0.717, 1.165) is 19.4 Å². The van der Waals surface area contributed by atoms with Crippen LogP contribution in [0.3, 0.4) is 0 Å². The lowest BCUT2D eigenvalue weighted by atomic mass is 9.89. The second-order valence-electron chi connectivity index (χ2n) is 5.80. The minimum absolute atomic E-state index is 0.179. The number of nitrogens with zero attached hydrogens (tertiary/aromatic N) is 1. The van der Waals surface area contributed by atoms with Crippen LogP contribution < -0.4 is 5.32 Å². The van der Waals surface area contributed by atoms with Gasteiger partial charge in [-0.15, -0.1) is 11.3 Å². The van der Waals surface area contributed by atoms with Crippen molar-refractivity contribution < 1.29 is 0 Å². The van der Waals surface area contributed by atoms with E-state index in [1.54, 1.807) is 4.88 Å². The summed E-state index contributed by atoms with van der Waals surface area (Å²) in [5.74, 6) is 0. The molecule has 1 N–H and O–H groups in total. The van der Waals surface area contributed by atoms with Crippen LogP contribution in [0.15, 0.2) is 11.4 Å². The molecule has 0 fully saturated rings.